The third-order valence-electron chi connectivity index (χ3n) is 4.08. The Kier molecular flexibility index (Phi) is 5.14. The minimum Gasteiger partial charge on any atom is -0.369 e. The predicted molar refractivity (Wildman–Crippen MR) is 94.2 cm³/mol. The third kappa shape index (κ3) is 4.12. The van der Waals surface area contributed by atoms with Crippen LogP contribution in [-0.4, -0.2) is 21.6 Å². The summed E-state index contributed by atoms with van der Waals surface area (Å²) >= 11 is 0. The second-order valence-corrected chi connectivity index (χ2v) is 7.71. The van der Waals surface area contributed by atoms with Crippen molar-refractivity contribution in [3.05, 3.63) is 77.4 Å². The van der Waals surface area contributed by atoms with Crippen LogP contribution in [0.1, 0.15) is 23.7 Å². The highest BCUT2D eigenvalue weighted by molar-refractivity contribution is 7.89. The highest BCUT2D eigenvalue weighted by Gasteiger charge is 2.21. The molecule has 1 N–H and O–H groups in total. The van der Waals surface area contributed by atoms with E-state index in [-0.39, 0.29) is 17.5 Å². The van der Waals surface area contributed by atoms with Crippen molar-refractivity contribution in [2.75, 3.05) is 13.2 Å². The topological polar surface area (TPSA) is 55.4 Å². The first-order chi connectivity index (χ1) is 11.5. The smallest absolute Gasteiger partial charge is 0.240 e. The van der Waals surface area contributed by atoms with Gasteiger partial charge in [0.1, 0.15) is 0 Å². The van der Waals surface area contributed by atoms with Crippen molar-refractivity contribution in [3.8, 4) is 0 Å². The summed E-state index contributed by atoms with van der Waals surface area (Å²) in [6, 6.07) is 16.9. The van der Waals surface area contributed by atoms with Gasteiger partial charge in [-0.1, -0.05) is 54.1 Å². The summed E-state index contributed by atoms with van der Waals surface area (Å²) in [5.74, 6) is 0. The van der Waals surface area contributed by atoms with E-state index in [4.69, 9.17) is 4.74 Å². The van der Waals surface area contributed by atoms with Gasteiger partial charge in [0.15, 0.2) is 0 Å². The van der Waals surface area contributed by atoms with Gasteiger partial charge in [0.2, 0.25) is 10.0 Å². The lowest BCUT2D eigenvalue weighted by molar-refractivity contribution is 0.114. The molecule has 0 bridgehead atoms. The summed E-state index contributed by atoms with van der Waals surface area (Å²) in [5, 5.41) is 0. The monoisotopic (exact) mass is 343 g/mol. The van der Waals surface area contributed by atoms with Gasteiger partial charge in [0, 0.05) is 13.0 Å². The van der Waals surface area contributed by atoms with E-state index in [9.17, 15) is 8.42 Å². The van der Waals surface area contributed by atoms with Crippen molar-refractivity contribution in [1.29, 1.82) is 0 Å². The molecule has 1 aliphatic heterocycles. The fraction of sp³-hybridized carbons (Fsp3) is 0.263. The molecule has 0 aliphatic carbocycles. The standard InChI is InChI=1S/C19H21NO3S/c1-15-7-9-18(10-8-15)24(21,22)20-12-11-16-13-19(23-14-16)17-5-3-2-4-6-17/h2-11,19-20H,12-14H2,1H3/b16-11-/t19-/m0/s1. The fourth-order valence-electron chi connectivity index (χ4n) is 2.68. The molecule has 24 heavy (non-hydrogen) atoms. The van der Waals surface area contributed by atoms with Crippen LogP contribution >= 0.6 is 0 Å². The Morgan fingerprint density at radius 3 is 2.54 bits per heavy atom. The zero-order chi connectivity index (χ0) is 17.0. The maximum absolute atomic E-state index is 12.2. The first kappa shape index (κ1) is 16.9. The van der Waals surface area contributed by atoms with Gasteiger partial charge in [-0.3, -0.25) is 0 Å². The number of ether oxygens (including phenoxy) is 1. The van der Waals surface area contributed by atoms with Crippen molar-refractivity contribution in [1.82, 2.24) is 4.72 Å². The van der Waals surface area contributed by atoms with Crippen LogP contribution in [0, 0.1) is 6.92 Å². The molecule has 0 aromatic heterocycles. The summed E-state index contributed by atoms with van der Waals surface area (Å²) in [7, 11) is -3.47. The molecular formula is C19H21NO3S. The molecule has 2 aromatic carbocycles. The number of hydrogen-bond acceptors (Lipinski definition) is 3. The molecule has 1 heterocycles. The van der Waals surface area contributed by atoms with E-state index >= 15 is 0 Å². The molecule has 0 unspecified atom stereocenters. The highest BCUT2D eigenvalue weighted by atomic mass is 32.2. The number of sulfonamides is 1. The molecule has 4 nitrogen and oxygen atoms in total. The maximum Gasteiger partial charge on any atom is 0.240 e. The summed E-state index contributed by atoms with van der Waals surface area (Å²) in [5.41, 5.74) is 3.31. The number of benzene rings is 2. The largest absolute Gasteiger partial charge is 0.369 e. The minimum absolute atomic E-state index is 0.0613. The van der Waals surface area contributed by atoms with Crippen molar-refractivity contribution in [2.45, 2.75) is 24.3 Å². The van der Waals surface area contributed by atoms with E-state index in [1.807, 2.05) is 43.3 Å². The summed E-state index contributed by atoms with van der Waals surface area (Å²) in [4.78, 5) is 0.288. The molecule has 2 aromatic rings. The van der Waals surface area contributed by atoms with Crippen molar-refractivity contribution >= 4 is 10.0 Å². The van der Waals surface area contributed by atoms with Gasteiger partial charge in [0.25, 0.3) is 0 Å². The van der Waals surface area contributed by atoms with E-state index in [1.165, 1.54) is 0 Å². The normalized spacial score (nSPS) is 19.7. The molecule has 1 saturated heterocycles. The molecule has 0 amide bonds. The van der Waals surface area contributed by atoms with Gasteiger partial charge in [-0.05, 0) is 30.2 Å². The molecule has 3 rings (SSSR count). The minimum atomic E-state index is -3.47. The van der Waals surface area contributed by atoms with Crippen molar-refractivity contribution in [3.63, 3.8) is 0 Å². The lowest BCUT2D eigenvalue weighted by Gasteiger charge is -2.07. The van der Waals surface area contributed by atoms with Crippen LogP contribution in [0.2, 0.25) is 0 Å². The molecule has 1 atom stereocenters. The molecule has 1 aliphatic rings. The van der Waals surface area contributed by atoms with E-state index in [2.05, 4.69) is 4.72 Å². The Labute approximate surface area is 143 Å². The molecule has 126 valence electrons. The quantitative estimate of drug-likeness (QED) is 0.847. The van der Waals surface area contributed by atoms with Crippen LogP contribution in [0.4, 0.5) is 0 Å². The molecular weight excluding hydrogens is 322 g/mol. The molecule has 0 saturated carbocycles. The van der Waals surface area contributed by atoms with Crippen LogP contribution < -0.4 is 4.72 Å². The predicted octanol–water partition coefficient (Wildman–Crippen LogP) is 3.36. The SMILES string of the molecule is Cc1ccc(S(=O)(=O)NC/C=C2\CO[C@H](c3ccccc3)C2)cc1. The average Bonchev–Trinajstić information content (AvgIpc) is 3.05. The van der Waals surface area contributed by atoms with E-state index in [0.29, 0.717) is 6.61 Å². The lowest BCUT2D eigenvalue weighted by atomic mass is 10.0. The second kappa shape index (κ2) is 7.30. The van der Waals surface area contributed by atoms with Crippen molar-refractivity contribution in [2.24, 2.45) is 0 Å². The Bertz CT molecular complexity index is 811. The average molecular weight is 343 g/mol. The van der Waals surface area contributed by atoms with Gasteiger partial charge in [0.05, 0.1) is 17.6 Å². The fourth-order valence-corrected chi connectivity index (χ4v) is 3.65. The van der Waals surface area contributed by atoms with E-state index < -0.39 is 10.0 Å². The molecule has 0 radical (unpaired) electrons. The van der Waals surface area contributed by atoms with Crippen molar-refractivity contribution < 1.29 is 13.2 Å². The van der Waals surface area contributed by atoms with Gasteiger partial charge in [-0.2, -0.15) is 0 Å². The summed E-state index contributed by atoms with van der Waals surface area (Å²) in [6.45, 7) is 2.75. The van der Waals surface area contributed by atoms with Crippen LogP contribution in [0.3, 0.4) is 0 Å². The first-order valence-electron chi connectivity index (χ1n) is 7.95. The van der Waals surface area contributed by atoms with Gasteiger partial charge < -0.3 is 4.74 Å². The van der Waals surface area contributed by atoms with Crippen LogP contribution in [-0.2, 0) is 14.8 Å². The zero-order valence-electron chi connectivity index (χ0n) is 13.6. The third-order valence-corrected chi connectivity index (χ3v) is 5.52. The maximum atomic E-state index is 12.2. The van der Waals surface area contributed by atoms with Crippen LogP contribution in [0.15, 0.2) is 71.1 Å². The second-order valence-electron chi connectivity index (χ2n) is 5.94. The molecule has 5 heteroatoms. The number of aryl methyl sites for hydroxylation is 1. The summed E-state index contributed by atoms with van der Waals surface area (Å²) < 4.78 is 32.9. The number of rotatable bonds is 5. The van der Waals surface area contributed by atoms with E-state index in [0.717, 1.165) is 23.1 Å². The Balaban J connectivity index is 1.58. The van der Waals surface area contributed by atoms with Gasteiger partial charge >= 0.3 is 0 Å². The number of hydrogen-bond donors (Lipinski definition) is 1. The number of nitrogens with one attached hydrogen (secondary N) is 1. The Morgan fingerprint density at radius 2 is 1.83 bits per heavy atom. The lowest BCUT2D eigenvalue weighted by Crippen LogP contribution is -2.24. The summed E-state index contributed by atoms with van der Waals surface area (Å²) in [6.07, 6.45) is 2.77. The first-order valence-corrected chi connectivity index (χ1v) is 9.44. The highest BCUT2D eigenvalue weighted by Crippen LogP contribution is 2.31. The molecule has 0 spiro atoms. The van der Waals surface area contributed by atoms with Gasteiger partial charge in [-0.15, -0.1) is 0 Å². The van der Waals surface area contributed by atoms with Gasteiger partial charge in [-0.25, -0.2) is 13.1 Å². The Hall–Kier alpha value is -1.95. The van der Waals surface area contributed by atoms with E-state index in [1.54, 1.807) is 24.3 Å². The molecule has 1 fully saturated rings. The van der Waals surface area contributed by atoms with Crippen LogP contribution in [0.25, 0.3) is 0 Å². The Morgan fingerprint density at radius 1 is 1.12 bits per heavy atom. The van der Waals surface area contributed by atoms with Crippen LogP contribution in [0.5, 0.6) is 0 Å². The zero-order valence-corrected chi connectivity index (χ0v) is 14.4.